The molecule has 0 radical (unpaired) electrons. The van der Waals surface area contributed by atoms with Crippen LogP contribution in [0.2, 0.25) is 0 Å². The molecule has 0 atom stereocenters. The lowest BCUT2D eigenvalue weighted by atomic mass is 9.81. The lowest BCUT2D eigenvalue weighted by Gasteiger charge is -2.23. The second-order valence-electron chi connectivity index (χ2n) is 4.34. The molecule has 0 spiro atoms. The van der Waals surface area contributed by atoms with Crippen LogP contribution in [0.15, 0.2) is 18.2 Å². The molecule has 0 aromatic heterocycles. The molecule has 15 heavy (non-hydrogen) atoms. The number of carboxylic acids is 1. The molecule has 0 bridgehead atoms. The average molecular weight is 207 g/mol. The highest BCUT2D eigenvalue weighted by molar-refractivity contribution is 5.93. The number of benzene rings is 1. The number of anilines is 1. The second kappa shape index (κ2) is 3.93. The second-order valence-corrected chi connectivity index (χ2v) is 4.34. The quantitative estimate of drug-likeness (QED) is 0.749. The monoisotopic (exact) mass is 207 g/mol. The van der Waals surface area contributed by atoms with Gasteiger partial charge < -0.3 is 10.8 Å². The van der Waals surface area contributed by atoms with E-state index in [1.54, 1.807) is 12.1 Å². The molecule has 0 aliphatic carbocycles. The van der Waals surface area contributed by atoms with E-state index in [-0.39, 0.29) is 11.0 Å². The van der Waals surface area contributed by atoms with Gasteiger partial charge in [0.25, 0.3) is 0 Å². The summed E-state index contributed by atoms with van der Waals surface area (Å²) < 4.78 is 0. The van der Waals surface area contributed by atoms with E-state index in [0.29, 0.717) is 5.69 Å². The number of nitrogens with two attached hydrogens (primary N) is 1. The highest BCUT2D eigenvalue weighted by Crippen LogP contribution is 2.28. The van der Waals surface area contributed by atoms with Crippen molar-refractivity contribution in [2.24, 2.45) is 0 Å². The predicted octanol–water partition coefficient (Wildman–Crippen LogP) is 2.65. The Hall–Kier alpha value is -1.51. The highest BCUT2D eigenvalue weighted by Gasteiger charge is 2.20. The number of aromatic carboxylic acids is 1. The van der Waals surface area contributed by atoms with E-state index in [4.69, 9.17) is 10.8 Å². The number of rotatable bonds is 3. The standard InChI is InChI=1S/C12H17NO2/c1-4-12(2,3)8-5-6-10(13)9(7-8)11(14)15/h5-7H,4,13H2,1-3H3,(H,14,15). The Morgan fingerprint density at radius 2 is 2.07 bits per heavy atom. The maximum Gasteiger partial charge on any atom is 0.337 e. The summed E-state index contributed by atoms with van der Waals surface area (Å²) in [5, 5.41) is 8.95. The molecule has 0 heterocycles. The first-order valence-corrected chi connectivity index (χ1v) is 5.02. The lowest BCUT2D eigenvalue weighted by Crippen LogP contribution is -2.16. The van der Waals surface area contributed by atoms with Gasteiger partial charge in [-0.3, -0.25) is 0 Å². The van der Waals surface area contributed by atoms with Crippen LogP contribution in [-0.4, -0.2) is 11.1 Å². The first kappa shape index (κ1) is 11.6. The van der Waals surface area contributed by atoms with Gasteiger partial charge in [0, 0.05) is 5.69 Å². The van der Waals surface area contributed by atoms with E-state index in [0.717, 1.165) is 12.0 Å². The molecule has 0 fully saturated rings. The average Bonchev–Trinajstić information content (AvgIpc) is 2.17. The Morgan fingerprint density at radius 1 is 1.47 bits per heavy atom. The van der Waals surface area contributed by atoms with Gasteiger partial charge in [0.15, 0.2) is 0 Å². The summed E-state index contributed by atoms with van der Waals surface area (Å²) in [7, 11) is 0. The first-order valence-electron chi connectivity index (χ1n) is 5.02. The molecule has 0 aliphatic heterocycles. The zero-order valence-electron chi connectivity index (χ0n) is 9.37. The number of carboxylic acid groups (broad SMARTS) is 1. The van der Waals surface area contributed by atoms with Gasteiger partial charge in [-0.2, -0.15) is 0 Å². The summed E-state index contributed by atoms with van der Waals surface area (Å²) in [5.74, 6) is -0.971. The largest absolute Gasteiger partial charge is 0.478 e. The minimum Gasteiger partial charge on any atom is -0.478 e. The van der Waals surface area contributed by atoms with E-state index < -0.39 is 5.97 Å². The van der Waals surface area contributed by atoms with E-state index in [1.165, 1.54) is 0 Å². The predicted molar refractivity (Wildman–Crippen MR) is 61.1 cm³/mol. The fraction of sp³-hybridized carbons (Fsp3) is 0.417. The zero-order valence-corrected chi connectivity index (χ0v) is 9.37. The molecule has 0 saturated heterocycles. The normalized spacial score (nSPS) is 11.4. The summed E-state index contributed by atoms with van der Waals surface area (Å²) in [4.78, 5) is 10.9. The van der Waals surface area contributed by atoms with Gasteiger partial charge in [0.1, 0.15) is 0 Å². The molecule has 3 N–H and O–H groups in total. The SMILES string of the molecule is CCC(C)(C)c1ccc(N)c(C(=O)O)c1. The Kier molecular flexibility index (Phi) is 3.03. The molecular formula is C12H17NO2. The molecule has 1 aromatic carbocycles. The van der Waals surface area contributed by atoms with Crippen LogP contribution in [0.4, 0.5) is 5.69 Å². The van der Waals surface area contributed by atoms with Crippen LogP contribution in [0, 0.1) is 0 Å². The van der Waals surface area contributed by atoms with Crippen LogP contribution in [0.1, 0.15) is 43.1 Å². The van der Waals surface area contributed by atoms with E-state index in [2.05, 4.69) is 20.8 Å². The first-order chi connectivity index (χ1) is 6.88. The third-order valence-electron chi connectivity index (χ3n) is 2.95. The summed E-state index contributed by atoms with van der Waals surface area (Å²) in [6, 6.07) is 5.22. The van der Waals surface area contributed by atoms with Gasteiger partial charge in [-0.05, 0) is 29.5 Å². The van der Waals surface area contributed by atoms with Crippen molar-refractivity contribution in [3.63, 3.8) is 0 Å². The van der Waals surface area contributed by atoms with E-state index >= 15 is 0 Å². The molecule has 0 amide bonds. The molecule has 0 unspecified atom stereocenters. The van der Waals surface area contributed by atoms with Crippen molar-refractivity contribution in [3.8, 4) is 0 Å². The van der Waals surface area contributed by atoms with Crippen molar-refractivity contribution in [1.82, 2.24) is 0 Å². The van der Waals surface area contributed by atoms with Crippen LogP contribution < -0.4 is 5.73 Å². The third-order valence-corrected chi connectivity index (χ3v) is 2.95. The summed E-state index contributed by atoms with van der Waals surface area (Å²) in [5.41, 5.74) is 7.10. The molecule has 3 heteroatoms. The van der Waals surface area contributed by atoms with Crippen molar-refractivity contribution < 1.29 is 9.90 Å². The highest BCUT2D eigenvalue weighted by atomic mass is 16.4. The minimum absolute atomic E-state index is 0.0160. The summed E-state index contributed by atoms with van der Waals surface area (Å²) in [6.45, 7) is 6.26. The lowest BCUT2D eigenvalue weighted by molar-refractivity contribution is 0.0698. The molecule has 1 rings (SSSR count). The van der Waals surface area contributed by atoms with Gasteiger partial charge >= 0.3 is 5.97 Å². The minimum atomic E-state index is -0.971. The Bertz CT molecular complexity index is 383. The van der Waals surface area contributed by atoms with Crippen LogP contribution >= 0.6 is 0 Å². The van der Waals surface area contributed by atoms with Gasteiger partial charge in [0.05, 0.1) is 5.56 Å². The smallest absolute Gasteiger partial charge is 0.337 e. The van der Waals surface area contributed by atoms with Crippen LogP contribution in [0.5, 0.6) is 0 Å². The zero-order chi connectivity index (χ0) is 11.6. The van der Waals surface area contributed by atoms with Crippen molar-refractivity contribution in [2.75, 3.05) is 5.73 Å². The molecule has 82 valence electrons. The Morgan fingerprint density at radius 3 is 2.53 bits per heavy atom. The third kappa shape index (κ3) is 2.29. The number of nitrogen functional groups attached to an aromatic ring is 1. The molecular weight excluding hydrogens is 190 g/mol. The Labute approximate surface area is 89.9 Å². The summed E-state index contributed by atoms with van der Waals surface area (Å²) in [6.07, 6.45) is 0.954. The van der Waals surface area contributed by atoms with Crippen molar-refractivity contribution >= 4 is 11.7 Å². The maximum absolute atomic E-state index is 10.9. The molecule has 3 nitrogen and oxygen atoms in total. The van der Waals surface area contributed by atoms with Gasteiger partial charge in [0.2, 0.25) is 0 Å². The van der Waals surface area contributed by atoms with E-state index in [1.807, 2.05) is 6.07 Å². The number of hydrogen-bond acceptors (Lipinski definition) is 2. The molecule has 0 aliphatic rings. The van der Waals surface area contributed by atoms with Crippen molar-refractivity contribution in [1.29, 1.82) is 0 Å². The summed E-state index contributed by atoms with van der Waals surface area (Å²) >= 11 is 0. The van der Waals surface area contributed by atoms with Gasteiger partial charge in [-0.1, -0.05) is 26.8 Å². The Balaban J connectivity index is 3.25. The fourth-order valence-corrected chi connectivity index (χ4v) is 1.37. The van der Waals surface area contributed by atoms with Crippen molar-refractivity contribution in [2.45, 2.75) is 32.6 Å². The van der Waals surface area contributed by atoms with Crippen molar-refractivity contribution in [3.05, 3.63) is 29.3 Å². The van der Waals surface area contributed by atoms with Crippen LogP contribution in [0.25, 0.3) is 0 Å². The molecule has 0 saturated carbocycles. The topological polar surface area (TPSA) is 63.3 Å². The van der Waals surface area contributed by atoms with Gasteiger partial charge in [-0.15, -0.1) is 0 Å². The number of carbonyl (C=O) groups is 1. The maximum atomic E-state index is 10.9. The van der Waals surface area contributed by atoms with Crippen LogP contribution in [-0.2, 0) is 5.41 Å². The van der Waals surface area contributed by atoms with Gasteiger partial charge in [-0.25, -0.2) is 4.79 Å². The van der Waals surface area contributed by atoms with E-state index in [9.17, 15) is 4.79 Å². The molecule has 1 aromatic rings. The van der Waals surface area contributed by atoms with Crippen LogP contribution in [0.3, 0.4) is 0 Å². The number of hydrogen-bond donors (Lipinski definition) is 2. The fourth-order valence-electron chi connectivity index (χ4n) is 1.37.